The van der Waals surface area contributed by atoms with Gasteiger partial charge in [-0.25, -0.2) is 4.98 Å². The molecule has 2 aliphatic rings. The van der Waals surface area contributed by atoms with E-state index in [1.807, 2.05) is 11.0 Å². The second kappa shape index (κ2) is 6.00. The fourth-order valence-electron chi connectivity index (χ4n) is 3.33. The van der Waals surface area contributed by atoms with E-state index in [2.05, 4.69) is 6.07 Å². The summed E-state index contributed by atoms with van der Waals surface area (Å²) in [6.45, 7) is 1.17. The average Bonchev–Trinajstić information content (AvgIpc) is 2.53. The first-order chi connectivity index (χ1) is 10.2. The molecule has 1 aromatic heterocycles. The number of rotatable bonds is 2. The van der Waals surface area contributed by atoms with E-state index in [0.29, 0.717) is 17.9 Å². The Bertz CT molecular complexity index is 567. The molecule has 0 bridgehead atoms. The Labute approximate surface area is 124 Å². The maximum absolute atomic E-state index is 10.1. The first kappa shape index (κ1) is 14.3. The Kier molecular flexibility index (Phi) is 4.09. The van der Waals surface area contributed by atoms with Crippen LogP contribution in [0.4, 0.5) is 5.82 Å². The number of anilines is 1. The van der Waals surface area contributed by atoms with Gasteiger partial charge in [-0.2, -0.15) is 5.26 Å². The molecule has 0 unspecified atom stereocenters. The second-order valence-corrected chi connectivity index (χ2v) is 6.03. The summed E-state index contributed by atoms with van der Waals surface area (Å²) in [5.41, 5.74) is 2.91. The quantitative estimate of drug-likeness (QED) is 0.848. The molecule has 1 aliphatic carbocycles. The van der Waals surface area contributed by atoms with Crippen LogP contribution in [-0.4, -0.2) is 41.0 Å². The van der Waals surface area contributed by atoms with Crippen LogP contribution in [0.1, 0.15) is 36.1 Å². The molecule has 0 aromatic carbocycles. The van der Waals surface area contributed by atoms with Gasteiger partial charge in [0.15, 0.2) is 0 Å². The Morgan fingerprint density at radius 3 is 2.90 bits per heavy atom. The molecule has 5 nitrogen and oxygen atoms in total. The van der Waals surface area contributed by atoms with Crippen LogP contribution >= 0.6 is 0 Å². The molecule has 5 heteroatoms. The summed E-state index contributed by atoms with van der Waals surface area (Å²) in [6, 6.07) is 4.22. The van der Waals surface area contributed by atoms with E-state index in [1.54, 1.807) is 0 Å². The summed E-state index contributed by atoms with van der Waals surface area (Å²) in [5.74, 6) is 0.637. The predicted molar refractivity (Wildman–Crippen MR) is 79.0 cm³/mol. The minimum Gasteiger partial charge on any atom is -0.396 e. The highest BCUT2D eigenvalue weighted by atomic mass is 16.3. The number of aryl methyl sites for hydroxylation is 2. The van der Waals surface area contributed by atoms with Gasteiger partial charge in [-0.1, -0.05) is 0 Å². The van der Waals surface area contributed by atoms with Gasteiger partial charge in [0.05, 0.1) is 11.7 Å². The summed E-state index contributed by atoms with van der Waals surface area (Å²) in [6.07, 6.45) is 4.46. The van der Waals surface area contributed by atoms with Gasteiger partial charge < -0.3 is 15.1 Å². The third-order valence-corrected chi connectivity index (χ3v) is 4.66. The lowest BCUT2D eigenvalue weighted by molar-refractivity contribution is 0.0546. The van der Waals surface area contributed by atoms with E-state index in [9.17, 15) is 15.5 Å². The molecule has 0 radical (unpaired) electrons. The van der Waals surface area contributed by atoms with Crippen LogP contribution < -0.4 is 4.90 Å². The van der Waals surface area contributed by atoms with Crippen molar-refractivity contribution in [3.8, 4) is 6.07 Å². The molecule has 0 amide bonds. The summed E-state index contributed by atoms with van der Waals surface area (Å²) in [7, 11) is 0. The van der Waals surface area contributed by atoms with E-state index < -0.39 is 6.10 Å². The Hall–Kier alpha value is -1.64. The SMILES string of the molecule is N#Cc1cc2c(nc1N1CC[C@H](CO)[C@H](O)C1)CCCC2. The molecule has 1 aliphatic heterocycles. The number of β-amino-alcohol motifs (C(OH)–C–C–N with tert-alkyl or cyclic N) is 1. The predicted octanol–water partition coefficient (Wildman–Crippen LogP) is 1.01. The Balaban J connectivity index is 1.90. The fraction of sp³-hybridized carbons (Fsp3) is 0.625. The molecule has 21 heavy (non-hydrogen) atoms. The lowest BCUT2D eigenvalue weighted by Crippen LogP contribution is -2.45. The Morgan fingerprint density at radius 1 is 1.38 bits per heavy atom. The van der Waals surface area contributed by atoms with Crippen LogP contribution in [0, 0.1) is 17.2 Å². The normalized spacial score (nSPS) is 25.3. The lowest BCUT2D eigenvalue weighted by atomic mass is 9.93. The summed E-state index contributed by atoms with van der Waals surface area (Å²) < 4.78 is 0. The van der Waals surface area contributed by atoms with Gasteiger partial charge in [0.2, 0.25) is 0 Å². The van der Waals surface area contributed by atoms with Crippen molar-refractivity contribution in [1.29, 1.82) is 5.26 Å². The summed E-state index contributed by atoms with van der Waals surface area (Å²) in [5, 5.41) is 28.7. The van der Waals surface area contributed by atoms with E-state index in [1.165, 1.54) is 12.0 Å². The second-order valence-electron chi connectivity index (χ2n) is 6.03. The zero-order valence-corrected chi connectivity index (χ0v) is 12.1. The maximum atomic E-state index is 10.1. The standard InChI is InChI=1S/C16H21N3O2/c17-8-13-7-11-3-1-2-4-14(11)18-16(13)19-6-5-12(10-20)15(21)9-19/h7,12,15,20-21H,1-6,9-10H2/t12-,15-/m1/s1. The summed E-state index contributed by atoms with van der Waals surface area (Å²) >= 11 is 0. The molecule has 2 N–H and O–H groups in total. The van der Waals surface area contributed by atoms with Crippen molar-refractivity contribution in [1.82, 2.24) is 4.98 Å². The highest BCUT2D eigenvalue weighted by Gasteiger charge is 2.29. The van der Waals surface area contributed by atoms with Crippen LogP contribution in [0.15, 0.2) is 6.07 Å². The third-order valence-electron chi connectivity index (χ3n) is 4.66. The number of nitrogens with zero attached hydrogens (tertiary/aromatic N) is 3. The van der Waals surface area contributed by atoms with Crippen LogP contribution in [0.5, 0.6) is 0 Å². The van der Waals surface area contributed by atoms with Crippen molar-refractivity contribution >= 4 is 5.82 Å². The van der Waals surface area contributed by atoms with Crippen molar-refractivity contribution in [2.45, 2.75) is 38.2 Å². The van der Waals surface area contributed by atoms with Crippen LogP contribution in [0.3, 0.4) is 0 Å². The highest BCUT2D eigenvalue weighted by molar-refractivity contribution is 5.57. The fourth-order valence-corrected chi connectivity index (χ4v) is 3.33. The monoisotopic (exact) mass is 287 g/mol. The molecule has 0 spiro atoms. The zero-order valence-electron chi connectivity index (χ0n) is 12.1. The van der Waals surface area contributed by atoms with Gasteiger partial charge in [0.25, 0.3) is 0 Å². The molecule has 3 rings (SSSR count). The van der Waals surface area contributed by atoms with Crippen molar-refractivity contribution in [2.24, 2.45) is 5.92 Å². The molecular formula is C16H21N3O2. The van der Waals surface area contributed by atoms with Gasteiger partial charge in [-0.3, -0.25) is 0 Å². The topological polar surface area (TPSA) is 80.4 Å². The zero-order chi connectivity index (χ0) is 14.8. The number of hydrogen-bond acceptors (Lipinski definition) is 5. The van der Waals surface area contributed by atoms with Crippen molar-refractivity contribution in [2.75, 3.05) is 24.6 Å². The minimum atomic E-state index is -0.562. The molecule has 2 heterocycles. The molecule has 2 atom stereocenters. The summed E-state index contributed by atoms with van der Waals surface area (Å²) in [4.78, 5) is 6.71. The molecule has 112 valence electrons. The molecule has 1 saturated heterocycles. The largest absolute Gasteiger partial charge is 0.396 e. The average molecular weight is 287 g/mol. The van der Waals surface area contributed by atoms with Crippen molar-refractivity contribution in [3.63, 3.8) is 0 Å². The van der Waals surface area contributed by atoms with Gasteiger partial charge in [0.1, 0.15) is 11.9 Å². The van der Waals surface area contributed by atoms with Crippen molar-refractivity contribution in [3.05, 3.63) is 22.9 Å². The molecular weight excluding hydrogens is 266 g/mol. The van der Waals surface area contributed by atoms with Crippen LogP contribution in [-0.2, 0) is 12.8 Å². The number of aliphatic hydroxyl groups is 2. The number of aromatic nitrogens is 1. The smallest absolute Gasteiger partial charge is 0.146 e. The van der Waals surface area contributed by atoms with E-state index >= 15 is 0 Å². The van der Waals surface area contributed by atoms with Gasteiger partial charge in [-0.05, 0) is 43.7 Å². The first-order valence-electron chi connectivity index (χ1n) is 7.69. The van der Waals surface area contributed by atoms with E-state index in [0.717, 1.165) is 37.9 Å². The maximum Gasteiger partial charge on any atom is 0.146 e. The molecule has 0 saturated carbocycles. The molecule has 1 fully saturated rings. The minimum absolute atomic E-state index is 0.0116. The van der Waals surface area contributed by atoms with Gasteiger partial charge in [-0.15, -0.1) is 0 Å². The number of fused-ring (bicyclic) bond motifs is 1. The lowest BCUT2D eigenvalue weighted by Gasteiger charge is -2.36. The molecule has 1 aromatic rings. The van der Waals surface area contributed by atoms with Gasteiger partial charge in [0, 0.05) is 31.3 Å². The van der Waals surface area contributed by atoms with Crippen LogP contribution in [0.25, 0.3) is 0 Å². The van der Waals surface area contributed by atoms with E-state index in [-0.39, 0.29) is 12.5 Å². The highest BCUT2D eigenvalue weighted by Crippen LogP contribution is 2.29. The van der Waals surface area contributed by atoms with E-state index in [4.69, 9.17) is 4.98 Å². The van der Waals surface area contributed by atoms with Gasteiger partial charge >= 0.3 is 0 Å². The number of hydrogen-bond donors (Lipinski definition) is 2. The third kappa shape index (κ3) is 2.74. The Morgan fingerprint density at radius 2 is 2.19 bits per heavy atom. The van der Waals surface area contributed by atoms with Crippen molar-refractivity contribution < 1.29 is 10.2 Å². The number of aliphatic hydroxyl groups excluding tert-OH is 2. The number of pyridine rings is 1. The number of nitriles is 1. The first-order valence-corrected chi connectivity index (χ1v) is 7.69. The number of piperidine rings is 1. The van der Waals surface area contributed by atoms with Crippen LogP contribution in [0.2, 0.25) is 0 Å².